The Bertz CT molecular complexity index is 807. The summed E-state index contributed by atoms with van der Waals surface area (Å²) in [5.74, 6) is -0.441. The van der Waals surface area contributed by atoms with E-state index >= 15 is 0 Å². The monoisotopic (exact) mass is 325 g/mol. The van der Waals surface area contributed by atoms with Gasteiger partial charge in [0.05, 0.1) is 11.1 Å². The number of hydrogen-bond acceptors (Lipinski definition) is 4. The second-order valence-electron chi connectivity index (χ2n) is 5.03. The van der Waals surface area contributed by atoms with Crippen LogP contribution in [0.3, 0.4) is 0 Å². The molecule has 1 aliphatic heterocycles. The Balaban J connectivity index is 2.05. The molecule has 0 fully saturated rings. The van der Waals surface area contributed by atoms with Gasteiger partial charge in [-0.05, 0) is 22.9 Å². The van der Waals surface area contributed by atoms with Crippen molar-refractivity contribution >= 4 is 34.5 Å². The van der Waals surface area contributed by atoms with Crippen molar-refractivity contribution in [3.8, 4) is 20.9 Å². The molecular weight excluding hydrogens is 314 g/mol. The fourth-order valence-corrected chi connectivity index (χ4v) is 4.26. The number of carbonyl (C=O) groups is 2. The van der Waals surface area contributed by atoms with Gasteiger partial charge in [-0.3, -0.25) is 14.5 Å². The average molecular weight is 325 g/mol. The van der Waals surface area contributed by atoms with Gasteiger partial charge < -0.3 is 0 Å². The molecule has 3 aromatic rings. The zero-order valence-corrected chi connectivity index (χ0v) is 13.3. The van der Waals surface area contributed by atoms with Crippen LogP contribution in [0.1, 0.15) is 20.7 Å². The van der Waals surface area contributed by atoms with E-state index in [9.17, 15) is 9.59 Å². The van der Waals surface area contributed by atoms with Gasteiger partial charge >= 0.3 is 0 Å². The second-order valence-corrected chi connectivity index (χ2v) is 6.93. The molecule has 2 aromatic heterocycles. The SMILES string of the molecule is CN1C(=O)c2c(-c3cccs3)ccc(-c3cccs3)c2C1=O. The van der Waals surface area contributed by atoms with Gasteiger partial charge in [0.15, 0.2) is 0 Å². The van der Waals surface area contributed by atoms with Crippen molar-refractivity contribution in [2.75, 3.05) is 7.05 Å². The molecule has 2 amide bonds. The van der Waals surface area contributed by atoms with Gasteiger partial charge in [-0.15, -0.1) is 22.7 Å². The lowest BCUT2D eigenvalue weighted by atomic mass is 9.96. The number of imide groups is 1. The van der Waals surface area contributed by atoms with Crippen molar-refractivity contribution in [2.45, 2.75) is 0 Å². The molecule has 0 radical (unpaired) electrons. The molecule has 1 aromatic carbocycles. The molecule has 3 heterocycles. The highest BCUT2D eigenvalue weighted by Gasteiger charge is 2.37. The number of amides is 2. The molecule has 0 aliphatic carbocycles. The summed E-state index contributed by atoms with van der Waals surface area (Å²) in [4.78, 5) is 28.3. The molecule has 0 saturated carbocycles. The number of rotatable bonds is 2. The summed E-state index contributed by atoms with van der Waals surface area (Å²) in [6.45, 7) is 0. The highest BCUT2D eigenvalue weighted by Crippen LogP contribution is 2.40. The maximum atomic E-state index is 12.6. The molecule has 4 rings (SSSR count). The Morgan fingerprint density at radius 2 is 1.23 bits per heavy atom. The van der Waals surface area contributed by atoms with E-state index in [2.05, 4.69) is 0 Å². The highest BCUT2D eigenvalue weighted by molar-refractivity contribution is 7.14. The van der Waals surface area contributed by atoms with Crippen LogP contribution in [0, 0.1) is 0 Å². The maximum Gasteiger partial charge on any atom is 0.261 e. The van der Waals surface area contributed by atoms with E-state index in [-0.39, 0.29) is 11.8 Å². The minimum atomic E-state index is -0.221. The smallest absolute Gasteiger partial charge is 0.261 e. The lowest BCUT2D eigenvalue weighted by Gasteiger charge is -2.08. The first-order chi connectivity index (χ1) is 10.7. The molecule has 0 N–H and O–H groups in total. The third-order valence-electron chi connectivity index (χ3n) is 3.82. The number of hydrogen-bond donors (Lipinski definition) is 0. The van der Waals surface area contributed by atoms with Crippen LogP contribution in [-0.2, 0) is 0 Å². The van der Waals surface area contributed by atoms with Gasteiger partial charge in [0.1, 0.15) is 0 Å². The Kier molecular flexibility index (Phi) is 2.99. The number of fused-ring (bicyclic) bond motifs is 1. The molecule has 0 spiro atoms. The van der Waals surface area contributed by atoms with Crippen molar-refractivity contribution < 1.29 is 9.59 Å². The minimum absolute atomic E-state index is 0.221. The van der Waals surface area contributed by atoms with Crippen molar-refractivity contribution in [3.05, 3.63) is 58.3 Å². The molecule has 0 atom stereocenters. The fourth-order valence-electron chi connectivity index (χ4n) is 2.75. The van der Waals surface area contributed by atoms with Crippen LogP contribution in [0.5, 0.6) is 0 Å². The van der Waals surface area contributed by atoms with Crippen molar-refractivity contribution in [2.24, 2.45) is 0 Å². The Labute approximate surface area is 135 Å². The topological polar surface area (TPSA) is 37.4 Å². The van der Waals surface area contributed by atoms with Crippen LogP contribution in [0.15, 0.2) is 47.2 Å². The summed E-state index contributed by atoms with van der Waals surface area (Å²) < 4.78 is 0. The van der Waals surface area contributed by atoms with Crippen LogP contribution >= 0.6 is 22.7 Å². The first-order valence-corrected chi connectivity index (χ1v) is 8.51. The normalized spacial score (nSPS) is 13.8. The first kappa shape index (κ1) is 13.4. The molecule has 0 saturated heterocycles. The molecular formula is C17H11NO2S2. The van der Waals surface area contributed by atoms with E-state index in [1.165, 1.54) is 4.90 Å². The zero-order valence-electron chi connectivity index (χ0n) is 11.7. The Morgan fingerprint density at radius 3 is 1.59 bits per heavy atom. The fraction of sp³-hybridized carbons (Fsp3) is 0.0588. The maximum absolute atomic E-state index is 12.6. The standard InChI is InChI=1S/C17H11NO2S2/c1-18-16(19)14-10(12-4-2-8-21-12)6-7-11(15(14)17(18)20)13-5-3-9-22-13/h2-9H,1H3. The number of carbonyl (C=O) groups excluding carboxylic acids is 2. The molecule has 0 unspecified atom stereocenters. The summed E-state index contributed by atoms with van der Waals surface area (Å²) in [6.07, 6.45) is 0. The molecule has 0 bridgehead atoms. The number of thiophene rings is 2. The van der Waals surface area contributed by atoms with Crippen LogP contribution in [-0.4, -0.2) is 23.8 Å². The molecule has 5 heteroatoms. The summed E-state index contributed by atoms with van der Waals surface area (Å²) in [5, 5.41) is 3.94. The van der Waals surface area contributed by atoms with E-state index in [1.54, 1.807) is 29.7 Å². The van der Waals surface area contributed by atoms with E-state index in [0.29, 0.717) is 11.1 Å². The summed E-state index contributed by atoms with van der Waals surface area (Å²) in [6, 6.07) is 11.7. The third kappa shape index (κ3) is 1.79. The molecule has 108 valence electrons. The van der Waals surface area contributed by atoms with E-state index in [0.717, 1.165) is 20.9 Å². The van der Waals surface area contributed by atoms with E-state index < -0.39 is 0 Å². The lowest BCUT2D eigenvalue weighted by Crippen LogP contribution is -2.24. The van der Waals surface area contributed by atoms with Crippen molar-refractivity contribution in [3.63, 3.8) is 0 Å². The Morgan fingerprint density at radius 1 is 0.773 bits per heavy atom. The second kappa shape index (κ2) is 4.90. The molecule has 22 heavy (non-hydrogen) atoms. The minimum Gasteiger partial charge on any atom is -0.277 e. The summed E-state index contributed by atoms with van der Waals surface area (Å²) >= 11 is 3.14. The number of nitrogens with zero attached hydrogens (tertiary/aromatic N) is 1. The quantitative estimate of drug-likeness (QED) is 0.656. The highest BCUT2D eigenvalue weighted by atomic mass is 32.1. The lowest BCUT2D eigenvalue weighted by molar-refractivity contribution is 0.0693. The third-order valence-corrected chi connectivity index (χ3v) is 5.62. The van der Waals surface area contributed by atoms with E-state index in [1.807, 2.05) is 47.2 Å². The molecule has 1 aliphatic rings. The first-order valence-electron chi connectivity index (χ1n) is 6.75. The zero-order chi connectivity index (χ0) is 15.3. The van der Waals surface area contributed by atoms with Gasteiger partial charge in [0, 0.05) is 27.9 Å². The van der Waals surface area contributed by atoms with Crippen LogP contribution in [0.25, 0.3) is 20.9 Å². The molecule has 3 nitrogen and oxygen atoms in total. The average Bonchev–Trinajstić information content (AvgIpc) is 3.26. The predicted molar refractivity (Wildman–Crippen MR) is 89.5 cm³/mol. The van der Waals surface area contributed by atoms with E-state index in [4.69, 9.17) is 0 Å². The van der Waals surface area contributed by atoms with Gasteiger partial charge in [-0.1, -0.05) is 24.3 Å². The number of benzene rings is 1. The summed E-state index contributed by atoms with van der Waals surface area (Å²) in [7, 11) is 1.54. The van der Waals surface area contributed by atoms with Crippen LogP contribution in [0.4, 0.5) is 0 Å². The van der Waals surface area contributed by atoms with Crippen LogP contribution in [0.2, 0.25) is 0 Å². The predicted octanol–water partition coefficient (Wildman–Crippen LogP) is 4.37. The Hall–Kier alpha value is -2.24. The largest absolute Gasteiger partial charge is 0.277 e. The van der Waals surface area contributed by atoms with Crippen molar-refractivity contribution in [1.82, 2.24) is 4.90 Å². The van der Waals surface area contributed by atoms with Gasteiger partial charge in [-0.25, -0.2) is 0 Å². The van der Waals surface area contributed by atoms with Gasteiger partial charge in [-0.2, -0.15) is 0 Å². The van der Waals surface area contributed by atoms with Crippen LogP contribution < -0.4 is 0 Å². The summed E-state index contributed by atoms with van der Waals surface area (Å²) in [5.41, 5.74) is 2.74. The van der Waals surface area contributed by atoms with Crippen molar-refractivity contribution in [1.29, 1.82) is 0 Å². The van der Waals surface area contributed by atoms with Gasteiger partial charge in [0.2, 0.25) is 0 Å². The van der Waals surface area contributed by atoms with Gasteiger partial charge in [0.25, 0.3) is 11.8 Å².